The fraction of sp³-hybridized carbons (Fsp3) is 0.548. The van der Waals surface area contributed by atoms with Crippen LogP contribution < -0.4 is 20.1 Å². The van der Waals surface area contributed by atoms with Crippen LogP contribution in [0.15, 0.2) is 6.07 Å². The molecule has 244 valence electrons. The van der Waals surface area contributed by atoms with Gasteiger partial charge >= 0.3 is 12.2 Å². The molecular formula is C31H31ClF5N7O2. The monoisotopic (exact) mass is 663 g/mol. The highest BCUT2D eigenvalue weighted by atomic mass is 35.5. The molecule has 2 atom stereocenters. The number of pyridine rings is 1. The molecule has 15 heteroatoms. The maximum Gasteiger partial charge on any atom is 0.418 e. The molecule has 0 amide bonds. The minimum absolute atomic E-state index is 0.0515. The molecule has 4 aliphatic rings. The molecule has 2 N–H and O–H groups in total. The lowest BCUT2D eigenvalue weighted by molar-refractivity contribution is -0.137. The van der Waals surface area contributed by atoms with E-state index in [1.54, 1.807) is 7.05 Å². The Balaban J connectivity index is 1.42. The van der Waals surface area contributed by atoms with Crippen LogP contribution in [0.4, 0.5) is 33.6 Å². The Kier molecular flexibility index (Phi) is 7.17. The Morgan fingerprint density at radius 1 is 1.24 bits per heavy atom. The Hall–Kier alpha value is -3.70. The van der Waals surface area contributed by atoms with Gasteiger partial charge in [0.15, 0.2) is 11.6 Å². The van der Waals surface area contributed by atoms with Gasteiger partial charge in [-0.25, -0.2) is 20.3 Å². The van der Waals surface area contributed by atoms with Crippen molar-refractivity contribution in [3.05, 3.63) is 39.5 Å². The third kappa shape index (κ3) is 4.68. The lowest BCUT2D eigenvalue weighted by Crippen LogP contribution is -2.60. The van der Waals surface area contributed by atoms with Gasteiger partial charge in [-0.3, -0.25) is 4.90 Å². The van der Waals surface area contributed by atoms with E-state index in [-0.39, 0.29) is 65.4 Å². The summed E-state index contributed by atoms with van der Waals surface area (Å²) in [5, 5.41) is -0.347. The predicted octanol–water partition coefficient (Wildman–Crippen LogP) is 6.25. The second kappa shape index (κ2) is 10.7. The molecule has 3 aromatic rings. The summed E-state index contributed by atoms with van der Waals surface area (Å²) in [6, 6.07) is 0.848. The first-order valence-electron chi connectivity index (χ1n) is 15.1. The van der Waals surface area contributed by atoms with Crippen molar-refractivity contribution in [1.82, 2.24) is 19.9 Å². The number of hydrogen-bond acceptors (Lipinski definition) is 8. The first kappa shape index (κ1) is 30.9. The number of aryl methyl sites for hydroxylation is 1. The minimum Gasteiger partial charge on any atom is -0.489 e. The van der Waals surface area contributed by atoms with E-state index < -0.39 is 51.1 Å². The van der Waals surface area contributed by atoms with Gasteiger partial charge in [-0.15, -0.1) is 0 Å². The fourth-order valence-corrected chi connectivity index (χ4v) is 8.28. The zero-order valence-corrected chi connectivity index (χ0v) is 25.9. The predicted molar refractivity (Wildman–Crippen MR) is 161 cm³/mol. The van der Waals surface area contributed by atoms with Gasteiger partial charge in [-0.2, -0.15) is 23.1 Å². The summed E-state index contributed by atoms with van der Waals surface area (Å²) >= 11 is 6.77. The molecule has 1 aliphatic carbocycles. The summed E-state index contributed by atoms with van der Waals surface area (Å²) in [6.07, 6.45) is -2.91. The van der Waals surface area contributed by atoms with Crippen molar-refractivity contribution in [2.24, 2.45) is 5.92 Å². The largest absolute Gasteiger partial charge is 0.489 e. The van der Waals surface area contributed by atoms with Crippen LogP contribution in [0.2, 0.25) is 5.02 Å². The van der Waals surface area contributed by atoms with Crippen LogP contribution in [0.5, 0.6) is 11.8 Å². The van der Waals surface area contributed by atoms with Crippen molar-refractivity contribution in [3.63, 3.8) is 0 Å². The van der Waals surface area contributed by atoms with Crippen LogP contribution in [0.25, 0.3) is 27.0 Å². The van der Waals surface area contributed by atoms with E-state index in [1.807, 2.05) is 4.90 Å². The highest BCUT2D eigenvalue weighted by Gasteiger charge is 2.53. The molecule has 0 bridgehead atoms. The summed E-state index contributed by atoms with van der Waals surface area (Å²) in [4.78, 5) is 20.4. The second-order valence-electron chi connectivity index (χ2n) is 13.0. The van der Waals surface area contributed by atoms with Crippen molar-refractivity contribution in [2.75, 3.05) is 50.5 Å². The quantitative estimate of drug-likeness (QED) is 0.253. The number of nitrogens with zero attached hydrogens (tertiary/aromatic N) is 6. The van der Waals surface area contributed by atoms with Crippen molar-refractivity contribution >= 4 is 34.1 Å². The van der Waals surface area contributed by atoms with Crippen LogP contribution in [-0.4, -0.2) is 77.0 Å². The number of likely N-dealkylation sites (N-methyl/N-ethyl adjacent to an activating group) is 1. The van der Waals surface area contributed by atoms with Crippen LogP contribution >= 0.6 is 11.6 Å². The van der Waals surface area contributed by atoms with Gasteiger partial charge in [0.1, 0.15) is 36.5 Å². The number of aromatic nitrogens is 3. The molecule has 46 heavy (non-hydrogen) atoms. The molecule has 2 saturated heterocycles. The minimum atomic E-state index is -4.92. The molecule has 3 aliphatic heterocycles. The first-order valence-corrected chi connectivity index (χ1v) is 15.4. The molecule has 0 unspecified atom stereocenters. The van der Waals surface area contributed by atoms with Crippen LogP contribution in [0, 0.1) is 25.2 Å². The van der Waals surface area contributed by atoms with Crippen LogP contribution in [-0.2, 0) is 6.18 Å². The zero-order chi connectivity index (χ0) is 32.8. The van der Waals surface area contributed by atoms with Gasteiger partial charge in [0.25, 0.3) is 0 Å². The number of alkyl halides is 4. The number of rotatable bonds is 5. The molecule has 2 aromatic heterocycles. The number of hydrogen-bond donors (Lipinski definition) is 1. The fourth-order valence-electron chi connectivity index (χ4n) is 7.96. The number of ether oxygens (including phenoxy) is 2. The van der Waals surface area contributed by atoms with E-state index >= 15 is 4.39 Å². The van der Waals surface area contributed by atoms with Crippen molar-refractivity contribution in [2.45, 2.75) is 62.5 Å². The molecule has 1 saturated carbocycles. The van der Waals surface area contributed by atoms with Gasteiger partial charge in [-0.1, -0.05) is 11.6 Å². The third-order valence-corrected chi connectivity index (χ3v) is 10.5. The lowest BCUT2D eigenvalue weighted by Gasteiger charge is -2.50. The normalized spacial score (nSPS) is 27.3. The molecule has 3 fully saturated rings. The molecule has 1 aromatic carbocycles. The van der Waals surface area contributed by atoms with E-state index in [4.69, 9.17) is 33.4 Å². The van der Waals surface area contributed by atoms with Gasteiger partial charge < -0.3 is 25.0 Å². The number of anilines is 2. The van der Waals surface area contributed by atoms with E-state index in [1.165, 1.54) is 6.92 Å². The van der Waals surface area contributed by atoms with Crippen LogP contribution in [0.3, 0.4) is 0 Å². The zero-order valence-electron chi connectivity index (χ0n) is 25.1. The Bertz CT molecular complexity index is 1790. The molecule has 9 nitrogen and oxygen atoms in total. The molecular weight excluding hydrogens is 633 g/mol. The molecule has 7 rings (SSSR count). The van der Waals surface area contributed by atoms with Gasteiger partial charge in [0, 0.05) is 25.9 Å². The Morgan fingerprint density at radius 3 is 2.72 bits per heavy atom. The third-order valence-electron chi connectivity index (χ3n) is 10.1. The number of fused-ring (bicyclic) bond motifs is 1. The highest BCUT2D eigenvalue weighted by Crippen LogP contribution is 2.54. The topological polar surface area (TPSA) is 94.0 Å². The number of halogens is 6. The smallest absolute Gasteiger partial charge is 0.418 e. The van der Waals surface area contributed by atoms with E-state index in [0.717, 1.165) is 19.0 Å². The average Bonchev–Trinajstić information content (AvgIpc) is 3.44. The van der Waals surface area contributed by atoms with E-state index in [9.17, 15) is 17.6 Å². The van der Waals surface area contributed by atoms with Crippen molar-refractivity contribution in [1.29, 1.82) is 0 Å². The maximum absolute atomic E-state index is 16.8. The summed E-state index contributed by atoms with van der Waals surface area (Å²) in [5.74, 6) is -1.18. The number of nitrogen functional groups attached to an aromatic ring is 1. The first-order chi connectivity index (χ1) is 21.8. The summed E-state index contributed by atoms with van der Waals surface area (Å²) in [6.45, 7) is 9.96. The molecule has 0 radical (unpaired) electrons. The summed E-state index contributed by atoms with van der Waals surface area (Å²) < 4.78 is 86.8. The van der Waals surface area contributed by atoms with E-state index in [2.05, 4.69) is 24.7 Å². The average molecular weight is 664 g/mol. The standard InChI is InChI=1S/C31H31ClF5N7O2/c1-15-7-18(38)40-24(21(15)31(35,36)37)19-22(32)26-20-25(23(19)34)41-28(46-13-29-5-4-6-44(29)12-17(33)10-29)42-27(20)43(3)30(14-45-26)8-16(9-30)11-39-2/h7,16-17H,4-6,8-14H2,1,3H3,(H2,38,40)/t16?,17-,29+,30?/m1/s1. The second-order valence-corrected chi connectivity index (χ2v) is 13.4. The summed E-state index contributed by atoms with van der Waals surface area (Å²) in [5.41, 5.74) is 1.41. The Morgan fingerprint density at radius 2 is 2.00 bits per heavy atom. The lowest BCUT2D eigenvalue weighted by atomic mass is 9.67. The number of nitrogens with two attached hydrogens (primary N) is 1. The SMILES string of the molecule is [C-]#[N+]CC1CC2(COc3c(Cl)c(-c4nc(N)cc(C)c4C(F)(F)F)c(F)c4nc(OC[C@@]56CCCN5C[C@H](F)C6)nc(c34)N2C)C1. The maximum atomic E-state index is 16.8. The van der Waals surface area contributed by atoms with Gasteiger partial charge in [0.05, 0.1) is 38.3 Å². The highest BCUT2D eigenvalue weighted by molar-refractivity contribution is 6.36. The molecule has 1 spiro atoms. The van der Waals surface area contributed by atoms with Crippen molar-refractivity contribution in [3.8, 4) is 23.0 Å². The van der Waals surface area contributed by atoms with Gasteiger partial charge in [0.2, 0.25) is 6.54 Å². The summed E-state index contributed by atoms with van der Waals surface area (Å²) in [7, 11) is 1.77. The number of benzene rings is 1. The Labute approximate surface area is 266 Å². The van der Waals surface area contributed by atoms with Crippen molar-refractivity contribution < 1.29 is 31.4 Å². The molecule has 5 heterocycles. The van der Waals surface area contributed by atoms with Gasteiger partial charge in [-0.05, 0) is 50.8 Å². The van der Waals surface area contributed by atoms with Crippen LogP contribution in [0.1, 0.15) is 43.2 Å². The van der Waals surface area contributed by atoms with E-state index in [0.29, 0.717) is 32.4 Å².